The number of rotatable bonds is 3. The van der Waals surface area contributed by atoms with E-state index in [0.29, 0.717) is 17.4 Å². The fourth-order valence-electron chi connectivity index (χ4n) is 1.01. The number of hydrogen-bond acceptors (Lipinski definition) is 2. The van der Waals surface area contributed by atoms with Crippen molar-refractivity contribution in [3.05, 3.63) is 41.2 Å². The van der Waals surface area contributed by atoms with Gasteiger partial charge >= 0.3 is 0 Å². The molecule has 0 fully saturated rings. The van der Waals surface area contributed by atoms with E-state index in [1.165, 1.54) is 24.3 Å². The lowest BCUT2D eigenvalue weighted by Gasteiger charge is -1.98. The third kappa shape index (κ3) is 2.80. The molecule has 0 aliphatic carbocycles. The molecule has 0 spiro atoms. The number of benzene rings is 1. The molecule has 0 atom stereocenters. The molecular weight excluding hydrogens is 171 g/mol. The Morgan fingerprint density at radius 3 is 2.77 bits per heavy atom. The maximum absolute atomic E-state index is 12.8. The van der Waals surface area contributed by atoms with Gasteiger partial charge in [0.1, 0.15) is 12.1 Å². The Hall–Kier alpha value is -1.48. The Morgan fingerprint density at radius 1 is 1.38 bits per heavy atom. The largest absolute Gasteiger partial charge is 0.392 e. The first-order valence-corrected chi connectivity index (χ1v) is 3.78. The molecule has 3 heteroatoms. The molecule has 0 aromatic heterocycles. The minimum Gasteiger partial charge on any atom is -0.392 e. The lowest BCUT2D eigenvalue weighted by atomic mass is 10.1. The highest BCUT2D eigenvalue weighted by atomic mass is 19.1. The first-order chi connectivity index (χ1) is 6.26. The molecule has 0 heterocycles. The fraction of sp³-hybridized carbons (Fsp3) is 0.100. The van der Waals surface area contributed by atoms with Crippen LogP contribution in [0, 0.1) is 5.82 Å². The SMILES string of the molecule is O=CC=Cc1cc(F)cc(CO)c1. The number of hydrogen-bond donors (Lipinski definition) is 1. The second-order valence-electron chi connectivity index (χ2n) is 2.55. The van der Waals surface area contributed by atoms with E-state index in [1.807, 2.05) is 0 Å². The van der Waals surface area contributed by atoms with Crippen molar-refractivity contribution >= 4 is 12.4 Å². The summed E-state index contributed by atoms with van der Waals surface area (Å²) in [5, 5.41) is 8.75. The van der Waals surface area contributed by atoms with Crippen molar-refractivity contribution in [2.45, 2.75) is 6.61 Å². The van der Waals surface area contributed by atoms with Gasteiger partial charge in [0.05, 0.1) is 6.61 Å². The van der Waals surface area contributed by atoms with Crippen molar-refractivity contribution in [2.75, 3.05) is 0 Å². The summed E-state index contributed by atoms with van der Waals surface area (Å²) in [4.78, 5) is 9.99. The summed E-state index contributed by atoms with van der Waals surface area (Å²) in [6.45, 7) is -0.209. The summed E-state index contributed by atoms with van der Waals surface area (Å²) in [5.74, 6) is -0.419. The third-order valence-corrected chi connectivity index (χ3v) is 1.53. The Kier molecular flexibility index (Phi) is 3.34. The molecule has 68 valence electrons. The zero-order chi connectivity index (χ0) is 9.68. The number of aliphatic hydroxyl groups is 1. The van der Waals surface area contributed by atoms with E-state index in [-0.39, 0.29) is 6.61 Å². The lowest BCUT2D eigenvalue weighted by molar-refractivity contribution is -0.104. The third-order valence-electron chi connectivity index (χ3n) is 1.53. The van der Waals surface area contributed by atoms with Crippen LogP contribution in [0.1, 0.15) is 11.1 Å². The average Bonchev–Trinajstić information content (AvgIpc) is 2.14. The summed E-state index contributed by atoms with van der Waals surface area (Å²) in [6.07, 6.45) is 3.37. The fourth-order valence-corrected chi connectivity index (χ4v) is 1.01. The monoisotopic (exact) mass is 180 g/mol. The van der Waals surface area contributed by atoms with Crippen LogP contribution >= 0.6 is 0 Å². The predicted molar refractivity (Wildman–Crippen MR) is 47.4 cm³/mol. The van der Waals surface area contributed by atoms with Gasteiger partial charge in [0, 0.05) is 0 Å². The Balaban J connectivity index is 3.00. The molecule has 1 aromatic rings. The molecule has 2 nitrogen and oxygen atoms in total. The van der Waals surface area contributed by atoms with Crippen molar-refractivity contribution in [2.24, 2.45) is 0 Å². The number of carbonyl (C=O) groups is 1. The van der Waals surface area contributed by atoms with Crippen molar-refractivity contribution in [1.29, 1.82) is 0 Å². The molecule has 0 aliphatic rings. The van der Waals surface area contributed by atoms with Gasteiger partial charge in [-0.1, -0.05) is 6.08 Å². The summed E-state index contributed by atoms with van der Waals surface area (Å²) in [7, 11) is 0. The molecule has 0 radical (unpaired) electrons. The maximum atomic E-state index is 12.8. The van der Waals surface area contributed by atoms with Crippen LogP contribution < -0.4 is 0 Å². The molecule has 1 rings (SSSR count). The second kappa shape index (κ2) is 4.52. The van der Waals surface area contributed by atoms with Crippen LogP contribution in [0.5, 0.6) is 0 Å². The van der Waals surface area contributed by atoms with E-state index >= 15 is 0 Å². The van der Waals surface area contributed by atoms with Crippen LogP contribution in [-0.4, -0.2) is 11.4 Å². The van der Waals surface area contributed by atoms with E-state index in [9.17, 15) is 9.18 Å². The Bertz CT molecular complexity index is 332. The van der Waals surface area contributed by atoms with Gasteiger partial charge in [-0.25, -0.2) is 4.39 Å². The van der Waals surface area contributed by atoms with Gasteiger partial charge < -0.3 is 5.11 Å². The number of halogens is 1. The van der Waals surface area contributed by atoms with Crippen LogP contribution in [0.15, 0.2) is 24.3 Å². The highest BCUT2D eigenvalue weighted by Gasteiger charge is 1.96. The van der Waals surface area contributed by atoms with Gasteiger partial charge in [0.15, 0.2) is 0 Å². The average molecular weight is 180 g/mol. The zero-order valence-electron chi connectivity index (χ0n) is 6.90. The van der Waals surface area contributed by atoms with E-state index < -0.39 is 5.82 Å². The van der Waals surface area contributed by atoms with Crippen molar-refractivity contribution in [3.63, 3.8) is 0 Å². The molecule has 0 saturated carbocycles. The highest BCUT2D eigenvalue weighted by molar-refractivity contribution is 5.73. The molecule has 0 aliphatic heterocycles. The second-order valence-corrected chi connectivity index (χ2v) is 2.55. The topological polar surface area (TPSA) is 37.3 Å². The summed E-state index contributed by atoms with van der Waals surface area (Å²) in [6, 6.07) is 4.15. The Labute approximate surface area is 75.3 Å². The number of carbonyl (C=O) groups excluding carboxylic acids is 1. The molecule has 0 saturated heterocycles. The van der Waals surface area contributed by atoms with Crippen LogP contribution in [0.4, 0.5) is 4.39 Å². The molecule has 0 bridgehead atoms. The van der Waals surface area contributed by atoms with Crippen LogP contribution in [0.25, 0.3) is 6.08 Å². The summed E-state index contributed by atoms with van der Waals surface area (Å²) in [5.41, 5.74) is 1.06. The minimum atomic E-state index is -0.419. The van der Waals surface area contributed by atoms with Crippen LogP contribution in [0.2, 0.25) is 0 Å². The Morgan fingerprint density at radius 2 is 2.15 bits per heavy atom. The van der Waals surface area contributed by atoms with E-state index in [0.717, 1.165) is 0 Å². The molecular formula is C10H9FO2. The lowest BCUT2D eigenvalue weighted by Crippen LogP contribution is -1.86. The first-order valence-electron chi connectivity index (χ1n) is 3.78. The molecule has 1 N–H and O–H groups in total. The normalized spacial score (nSPS) is 10.6. The van der Waals surface area contributed by atoms with Crippen molar-refractivity contribution in [1.82, 2.24) is 0 Å². The minimum absolute atomic E-state index is 0.209. The maximum Gasteiger partial charge on any atom is 0.142 e. The molecule has 1 aromatic carbocycles. The van der Waals surface area contributed by atoms with E-state index in [4.69, 9.17) is 5.11 Å². The number of aldehydes is 1. The van der Waals surface area contributed by atoms with Gasteiger partial charge in [-0.2, -0.15) is 0 Å². The van der Waals surface area contributed by atoms with Crippen LogP contribution in [0.3, 0.4) is 0 Å². The molecule has 0 unspecified atom stereocenters. The van der Waals surface area contributed by atoms with E-state index in [2.05, 4.69) is 0 Å². The zero-order valence-corrected chi connectivity index (χ0v) is 6.90. The highest BCUT2D eigenvalue weighted by Crippen LogP contribution is 2.10. The molecule has 0 amide bonds. The number of allylic oxidation sites excluding steroid dienone is 1. The summed E-state index contributed by atoms with van der Waals surface area (Å²) >= 11 is 0. The van der Waals surface area contributed by atoms with Gasteiger partial charge in [-0.15, -0.1) is 0 Å². The predicted octanol–water partition coefficient (Wildman–Crippen LogP) is 1.53. The molecule has 13 heavy (non-hydrogen) atoms. The van der Waals surface area contributed by atoms with Gasteiger partial charge in [-0.3, -0.25) is 4.79 Å². The van der Waals surface area contributed by atoms with Gasteiger partial charge in [-0.05, 0) is 35.4 Å². The van der Waals surface area contributed by atoms with Crippen molar-refractivity contribution in [3.8, 4) is 0 Å². The number of aliphatic hydroxyl groups excluding tert-OH is 1. The van der Waals surface area contributed by atoms with Gasteiger partial charge in [0.2, 0.25) is 0 Å². The quantitative estimate of drug-likeness (QED) is 0.565. The smallest absolute Gasteiger partial charge is 0.142 e. The summed E-state index contributed by atoms with van der Waals surface area (Å²) < 4.78 is 12.8. The standard InChI is InChI=1S/C10H9FO2/c11-10-5-8(2-1-3-12)4-9(6-10)7-13/h1-6,13H,7H2. The van der Waals surface area contributed by atoms with Gasteiger partial charge in [0.25, 0.3) is 0 Å². The first kappa shape index (κ1) is 9.61. The van der Waals surface area contributed by atoms with Crippen molar-refractivity contribution < 1.29 is 14.3 Å². The van der Waals surface area contributed by atoms with Crippen LogP contribution in [-0.2, 0) is 11.4 Å². The van der Waals surface area contributed by atoms with E-state index in [1.54, 1.807) is 6.07 Å².